The van der Waals surface area contributed by atoms with Gasteiger partial charge in [0.05, 0.1) is 12.1 Å². The first kappa shape index (κ1) is 34.0. The van der Waals surface area contributed by atoms with Gasteiger partial charge in [-0.15, -0.1) is 12.6 Å². The van der Waals surface area contributed by atoms with Gasteiger partial charge in [-0.05, 0) is 41.8 Å². The third kappa shape index (κ3) is 7.79. The number of aliphatic hydroxyl groups excluding tert-OH is 1. The molecule has 5 rings (SSSR count). The number of amides is 2. The number of carbonyl (C=O) groups excluding carboxylic acids is 2. The summed E-state index contributed by atoms with van der Waals surface area (Å²) in [6.07, 6.45) is -2.77. The Hall–Kier alpha value is -4.37. The Kier molecular flexibility index (Phi) is 10.5. The maximum atomic E-state index is 15.5. The van der Waals surface area contributed by atoms with Crippen molar-refractivity contribution < 1.29 is 41.0 Å². The molecule has 1 saturated heterocycles. The van der Waals surface area contributed by atoms with Gasteiger partial charge in [-0.3, -0.25) is 9.69 Å². The highest BCUT2D eigenvalue weighted by Crippen LogP contribution is 2.28. The number of cyclic esters (lactones) is 1. The van der Waals surface area contributed by atoms with Crippen molar-refractivity contribution in [1.29, 1.82) is 0 Å². The predicted molar refractivity (Wildman–Crippen MR) is 170 cm³/mol. The summed E-state index contributed by atoms with van der Waals surface area (Å²) < 4.78 is 78.5. The van der Waals surface area contributed by atoms with Crippen LogP contribution in [0.5, 0.6) is 0 Å². The summed E-state index contributed by atoms with van der Waals surface area (Å²) in [6.45, 7) is -1.01. The number of rotatable bonds is 12. The molecule has 0 saturated carbocycles. The molecule has 1 fully saturated rings. The van der Waals surface area contributed by atoms with E-state index in [4.69, 9.17) is 4.74 Å². The third-order valence-corrected chi connectivity index (χ3v) is 9.50. The van der Waals surface area contributed by atoms with Crippen LogP contribution in [0.2, 0.25) is 0 Å². The summed E-state index contributed by atoms with van der Waals surface area (Å²) >= 11 is 4.24. The van der Waals surface area contributed by atoms with E-state index < -0.39 is 81.1 Å². The summed E-state index contributed by atoms with van der Waals surface area (Å²) in [5.74, 6) is -5.29. The molecule has 3 N–H and O–H groups in total. The number of nitrogens with one attached hydrogen (secondary N) is 2. The fourth-order valence-electron chi connectivity index (χ4n) is 5.17. The molecule has 2 amide bonds. The number of para-hydroxylation sites is 1. The number of hydrogen-bond acceptors (Lipinski definition) is 7. The van der Waals surface area contributed by atoms with E-state index in [1.54, 1.807) is 78.9 Å². The van der Waals surface area contributed by atoms with Gasteiger partial charge in [0, 0.05) is 29.1 Å². The molecule has 9 nitrogen and oxygen atoms in total. The van der Waals surface area contributed by atoms with Crippen LogP contribution in [0.4, 0.5) is 23.7 Å². The average Bonchev–Trinajstić information content (AvgIpc) is 3.46. The summed E-state index contributed by atoms with van der Waals surface area (Å²) in [5, 5.41) is 13.8. The SMILES string of the molecule is O=C(N[C@@H](Cc1ccccc1)[C@H](O)CNS(=O)(=O)c1cc(F)c(F)c(Cc2ccccc2S)c1F)C1COC(=O)N1c1ccccc1. The smallest absolute Gasteiger partial charge is 0.415 e. The minimum Gasteiger partial charge on any atom is -0.446 e. The van der Waals surface area contributed by atoms with Crippen molar-refractivity contribution >= 4 is 40.3 Å². The number of thiol groups is 1. The summed E-state index contributed by atoms with van der Waals surface area (Å²) in [6, 6.07) is 21.4. The zero-order valence-corrected chi connectivity index (χ0v) is 26.4. The van der Waals surface area contributed by atoms with Crippen LogP contribution in [-0.2, 0) is 32.4 Å². The number of benzene rings is 4. The van der Waals surface area contributed by atoms with Gasteiger partial charge >= 0.3 is 6.09 Å². The van der Waals surface area contributed by atoms with Crippen LogP contribution in [0.3, 0.4) is 0 Å². The van der Waals surface area contributed by atoms with Crippen molar-refractivity contribution in [3.63, 3.8) is 0 Å². The Morgan fingerprint density at radius 2 is 1.62 bits per heavy atom. The molecule has 4 aromatic carbocycles. The molecular formula is C33H30F3N3O6S2. The second-order valence-corrected chi connectivity index (χ2v) is 13.0. The van der Waals surface area contributed by atoms with Crippen LogP contribution in [-0.4, -0.2) is 56.9 Å². The standard InChI is InChI=1S/C33H30F3N3O6S2/c34-24-17-29(31(36)23(30(24)35)16-21-11-7-8-14-28(21)46)47(43,44)37-18-27(40)25(15-20-9-3-1-4-10-20)38-32(41)26-19-45-33(42)39(26)22-12-5-2-6-13-22/h1-14,17,25-27,37,40,46H,15-16,18-19H2,(H,38,41)/t25-,26?,27+/m0/s1. The van der Waals surface area contributed by atoms with E-state index in [2.05, 4.69) is 22.7 Å². The molecule has 0 spiro atoms. The molecule has 1 heterocycles. The van der Waals surface area contributed by atoms with Crippen LogP contribution in [0.1, 0.15) is 16.7 Å². The lowest BCUT2D eigenvalue weighted by Gasteiger charge is -2.28. The molecule has 0 aliphatic carbocycles. The van der Waals surface area contributed by atoms with E-state index in [0.29, 0.717) is 21.7 Å². The molecule has 4 aromatic rings. The molecule has 47 heavy (non-hydrogen) atoms. The molecule has 14 heteroatoms. The largest absolute Gasteiger partial charge is 0.446 e. The Labute approximate surface area is 274 Å². The van der Waals surface area contributed by atoms with Crippen molar-refractivity contribution in [1.82, 2.24) is 10.0 Å². The predicted octanol–water partition coefficient (Wildman–Crippen LogP) is 4.38. The van der Waals surface area contributed by atoms with Crippen LogP contribution >= 0.6 is 12.6 Å². The summed E-state index contributed by atoms with van der Waals surface area (Å²) in [4.78, 5) is 26.3. The summed E-state index contributed by atoms with van der Waals surface area (Å²) in [7, 11) is -4.85. The molecule has 3 atom stereocenters. The zero-order chi connectivity index (χ0) is 33.7. The molecule has 1 aliphatic rings. The van der Waals surface area contributed by atoms with Gasteiger partial charge in [0.2, 0.25) is 15.9 Å². The number of hydrogen-bond donors (Lipinski definition) is 4. The van der Waals surface area contributed by atoms with Gasteiger partial charge in [0.1, 0.15) is 17.3 Å². The third-order valence-electron chi connectivity index (χ3n) is 7.65. The van der Waals surface area contributed by atoms with Gasteiger partial charge < -0.3 is 15.2 Å². The number of anilines is 1. The lowest BCUT2D eigenvalue weighted by atomic mass is 10.0. The topological polar surface area (TPSA) is 125 Å². The number of halogens is 3. The van der Waals surface area contributed by atoms with E-state index in [1.807, 2.05) is 0 Å². The molecule has 1 aliphatic heterocycles. The molecule has 0 bridgehead atoms. The van der Waals surface area contributed by atoms with E-state index in [-0.39, 0.29) is 19.1 Å². The highest BCUT2D eigenvalue weighted by atomic mass is 32.2. The first-order valence-electron chi connectivity index (χ1n) is 14.4. The fourth-order valence-corrected chi connectivity index (χ4v) is 6.57. The van der Waals surface area contributed by atoms with Crippen LogP contribution in [0.25, 0.3) is 0 Å². The lowest BCUT2D eigenvalue weighted by molar-refractivity contribution is -0.123. The van der Waals surface area contributed by atoms with Gasteiger partial charge in [0.15, 0.2) is 17.7 Å². The maximum absolute atomic E-state index is 15.5. The van der Waals surface area contributed by atoms with E-state index in [9.17, 15) is 31.9 Å². The first-order chi connectivity index (χ1) is 22.5. The second kappa shape index (κ2) is 14.6. The monoisotopic (exact) mass is 685 g/mol. The van der Waals surface area contributed by atoms with Gasteiger partial charge in [-0.25, -0.2) is 31.1 Å². The van der Waals surface area contributed by atoms with Crippen LogP contribution in [0.15, 0.2) is 101 Å². The molecule has 246 valence electrons. The maximum Gasteiger partial charge on any atom is 0.415 e. The molecule has 1 unspecified atom stereocenters. The number of aliphatic hydroxyl groups is 1. The van der Waals surface area contributed by atoms with Crippen molar-refractivity contribution in [2.45, 2.75) is 40.8 Å². The quantitative estimate of drug-likeness (QED) is 0.130. The second-order valence-electron chi connectivity index (χ2n) is 10.8. The molecular weight excluding hydrogens is 656 g/mol. The van der Waals surface area contributed by atoms with Gasteiger partial charge in [0.25, 0.3) is 0 Å². The lowest BCUT2D eigenvalue weighted by Crippen LogP contribution is -2.54. The van der Waals surface area contributed by atoms with Crippen molar-refractivity contribution in [2.75, 3.05) is 18.1 Å². The van der Waals surface area contributed by atoms with Crippen molar-refractivity contribution in [2.24, 2.45) is 0 Å². The van der Waals surface area contributed by atoms with E-state index in [0.717, 1.165) is 0 Å². The number of nitrogens with zero attached hydrogens (tertiary/aromatic N) is 1. The number of sulfonamides is 1. The zero-order valence-electron chi connectivity index (χ0n) is 24.6. The van der Waals surface area contributed by atoms with E-state index in [1.165, 1.54) is 11.0 Å². The highest BCUT2D eigenvalue weighted by Gasteiger charge is 2.40. The Bertz CT molecular complexity index is 1870. The summed E-state index contributed by atoms with van der Waals surface area (Å²) in [5.41, 5.74) is 0.622. The fraction of sp³-hybridized carbons (Fsp3) is 0.212. The minimum atomic E-state index is -4.85. The van der Waals surface area contributed by atoms with Crippen molar-refractivity contribution in [3.8, 4) is 0 Å². The van der Waals surface area contributed by atoms with Gasteiger partial charge in [-0.2, -0.15) is 0 Å². The number of ether oxygens (including phenoxy) is 1. The average molecular weight is 686 g/mol. The van der Waals surface area contributed by atoms with Gasteiger partial charge in [-0.1, -0.05) is 66.7 Å². The molecule has 0 radical (unpaired) electrons. The van der Waals surface area contributed by atoms with Crippen LogP contribution in [0, 0.1) is 17.5 Å². The minimum absolute atomic E-state index is 0.0369. The highest BCUT2D eigenvalue weighted by molar-refractivity contribution is 7.89. The Morgan fingerprint density at radius 3 is 2.30 bits per heavy atom. The number of carbonyl (C=O) groups is 2. The Balaban J connectivity index is 1.36. The van der Waals surface area contributed by atoms with E-state index >= 15 is 4.39 Å². The molecule has 0 aromatic heterocycles. The van der Waals surface area contributed by atoms with Crippen molar-refractivity contribution in [3.05, 3.63) is 125 Å². The normalized spacial score (nSPS) is 16.1. The first-order valence-corrected chi connectivity index (χ1v) is 16.4. The Morgan fingerprint density at radius 1 is 0.979 bits per heavy atom. The van der Waals surface area contributed by atoms with Crippen LogP contribution < -0.4 is 14.9 Å².